The summed E-state index contributed by atoms with van der Waals surface area (Å²) in [6, 6.07) is 4.52. The van der Waals surface area contributed by atoms with E-state index in [1.165, 1.54) is 29.8 Å². The molecule has 1 saturated carbocycles. The molecule has 8 heteroatoms. The molecule has 0 bridgehead atoms. The Hall–Kier alpha value is -3.03. The number of rotatable bonds is 3. The number of aromatic nitrogens is 5. The van der Waals surface area contributed by atoms with Gasteiger partial charge in [-0.15, -0.1) is 0 Å². The van der Waals surface area contributed by atoms with Crippen LogP contribution >= 0.6 is 0 Å². The lowest BCUT2D eigenvalue weighted by Crippen LogP contribution is -2.25. The highest BCUT2D eigenvalue weighted by Gasteiger charge is 2.26. The SMILES string of the molecule is CC(C)n1c(=O)c2c(-c3nc(C4CCCC4)no3)ncn2c2cccc(F)c21. The highest BCUT2D eigenvalue weighted by atomic mass is 19.1. The fourth-order valence-corrected chi connectivity index (χ4v) is 4.22. The highest BCUT2D eigenvalue weighted by molar-refractivity contribution is 5.83. The Bertz CT molecular complexity index is 1250. The second-order valence-electron chi connectivity index (χ2n) is 7.63. The number of benzene rings is 1. The molecule has 144 valence electrons. The van der Waals surface area contributed by atoms with Gasteiger partial charge in [0.05, 0.1) is 5.52 Å². The molecule has 0 saturated heterocycles. The largest absolute Gasteiger partial charge is 0.332 e. The van der Waals surface area contributed by atoms with Crippen molar-refractivity contribution in [1.29, 1.82) is 0 Å². The average Bonchev–Trinajstić information content (AvgIpc) is 3.41. The van der Waals surface area contributed by atoms with Crippen LogP contribution in [0.3, 0.4) is 0 Å². The van der Waals surface area contributed by atoms with E-state index >= 15 is 0 Å². The smallest absolute Gasteiger partial charge is 0.278 e. The topological polar surface area (TPSA) is 78.2 Å². The van der Waals surface area contributed by atoms with E-state index in [1.807, 2.05) is 13.8 Å². The number of hydrogen-bond acceptors (Lipinski definition) is 5. The number of hydrogen-bond donors (Lipinski definition) is 0. The molecule has 5 rings (SSSR count). The zero-order valence-electron chi connectivity index (χ0n) is 15.7. The molecule has 0 N–H and O–H groups in total. The van der Waals surface area contributed by atoms with Gasteiger partial charge in [0.25, 0.3) is 11.4 Å². The van der Waals surface area contributed by atoms with Crippen molar-refractivity contribution in [2.24, 2.45) is 0 Å². The summed E-state index contributed by atoms with van der Waals surface area (Å²) in [6.07, 6.45) is 5.94. The summed E-state index contributed by atoms with van der Waals surface area (Å²) < 4.78 is 23.1. The van der Waals surface area contributed by atoms with Gasteiger partial charge in [0, 0.05) is 12.0 Å². The van der Waals surface area contributed by atoms with Crippen molar-refractivity contribution < 1.29 is 8.91 Å². The number of imidazole rings is 1. The van der Waals surface area contributed by atoms with Crippen molar-refractivity contribution in [2.45, 2.75) is 51.5 Å². The minimum Gasteiger partial charge on any atom is -0.332 e. The molecule has 1 fully saturated rings. The monoisotopic (exact) mass is 381 g/mol. The lowest BCUT2D eigenvalue weighted by Gasteiger charge is -2.16. The van der Waals surface area contributed by atoms with E-state index < -0.39 is 5.82 Å². The standard InChI is InChI=1S/C20H20FN5O2/c1-11(2)26-16-13(21)8-5-9-14(16)25-10-22-15(17(25)20(26)27)19-23-18(24-28-19)12-6-3-4-7-12/h5,8-12H,3-4,6-7H2,1-2H3. The van der Waals surface area contributed by atoms with Gasteiger partial charge in [0.1, 0.15) is 23.2 Å². The third-order valence-electron chi connectivity index (χ3n) is 5.54. The number of nitrogens with zero attached hydrogens (tertiary/aromatic N) is 5. The molecular weight excluding hydrogens is 361 g/mol. The van der Waals surface area contributed by atoms with Gasteiger partial charge in [-0.05, 0) is 38.8 Å². The minimum atomic E-state index is -0.443. The average molecular weight is 381 g/mol. The van der Waals surface area contributed by atoms with Crippen LogP contribution in [0.4, 0.5) is 4.39 Å². The van der Waals surface area contributed by atoms with Crippen LogP contribution in [0.15, 0.2) is 33.8 Å². The van der Waals surface area contributed by atoms with Gasteiger partial charge < -0.3 is 4.52 Å². The van der Waals surface area contributed by atoms with Crippen molar-refractivity contribution in [1.82, 2.24) is 24.1 Å². The van der Waals surface area contributed by atoms with Crippen LogP contribution in [0, 0.1) is 5.82 Å². The van der Waals surface area contributed by atoms with Crippen LogP contribution in [-0.4, -0.2) is 24.1 Å². The van der Waals surface area contributed by atoms with E-state index in [2.05, 4.69) is 15.1 Å². The second-order valence-corrected chi connectivity index (χ2v) is 7.63. The third-order valence-corrected chi connectivity index (χ3v) is 5.54. The normalized spacial score (nSPS) is 15.4. The van der Waals surface area contributed by atoms with Crippen LogP contribution in [0.5, 0.6) is 0 Å². The molecule has 0 unspecified atom stereocenters. The molecular formula is C20H20FN5O2. The molecule has 0 aliphatic heterocycles. The predicted octanol–water partition coefficient (Wildman–Crippen LogP) is 4.08. The van der Waals surface area contributed by atoms with E-state index in [0.717, 1.165) is 12.8 Å². The van der Waals surface area contributed by atoms with Crippen molar-refractivity contribution in [2.75, 3.05) is 0 Å². The zero-order chi connectivity index (χ0) is 19.4. The van der Waals surface area contributed by atoms with E-state index in [0.29, 0.717) is 28.5 Å². The molecule has 0 amide bonds. The van der Waals surface area contributed by atoms with Crippen LogP contribution < -0.4 is 5.56 Å². The quantitative estimate of drug-likeness (QED) is 0.534. The van der Waals surface area contributed by atoms with Crippen molar-refractivity contribution in [3.8, 4) is 11.6 Å². The van der Waals surface area contributed by atoms with E-state index in [-0.39, 0.29) is 23.0 Å². The predicted molar refractivity (Wildman–Crippen MR) is 102 cm³/mol. The maximum Gasteiger partial charge on any atom is 0.278 e. The van der Waals surface area contributed by atoms with Gasteiger partial charge in [-0.2, -0.15) is 4.98 Å². The highest BCUT2D eigenvalue weighted by Crippen LogP contribution is 2.33. The van der Waals surface area contributed by atoms with Crippen LogP contribution in [0.2, 0.25) is 0 Å². The maximum absolute atomic E-state index is 14.6. The first-order valence-corrected chi connectivity index (χ1v) is 9.60. The van der Waals surface area contributed by atoms with E-state index in [4.69, 9.17) is 4.52 Å². The van der Waals surface area contributed by atoms with Gasteiger partial charge in [-0.3, -0.25) is 13.8 Å². The molecule has 3 aromatic heterocycles. The maximum atomic E-state index is 14.6. The van der Waals surface area contributed by atoms with Crippen molar-refractivity contribution in [3.05, 3.63) is 46.5 Å². The molecule has 1 aromatic carbocycles. The molecule has 7 nitrogen and oxygen atoms in total. The number of fused-ring (bicyclic) bond motifs is 3. The van der Waals surface area contributed by atoms with Gasteiger partial charge in [0.2, 0.25) is 0 Å². The second kappa shape index (κ2) is 6.25. The van der Waals surface area contributed by atoms with Gasteiger partial charge in [-0.25, -0.2) is 9.37 Å². The van der Waals surface area contributed by atoms with Gasteiger partial charge in [-0.1, -0.05) is 24.1 Å². The van der Waals surface area contributed by atoms with E-state index in [1.54, 1.807) is 16.5 Å². The molecule has 28 heavy (non-hydrogen) atoms. The Kier molecular flexibility index (Phi) is 3.82. The Balaban J connectivity index is 1.78. The summed E-state index contributed by atoms with van der Waals surface area (Å²) in [4.78, 5) is 22.2. The Morgan fingerprint density at radius 1 is 1.21 bits per heavy atom. The first-order valence-electron chi connectivity index (χ1n) is 9.60. The molecule has 0 radical (unpaired) electrons. The zero-order valence-corrected chi connectivity index (χ0v) is 15.7. The lowest BCUT2D eigenvalue weighted by molar-refractivity contribution is 0.415. The Morgan fingerprint density at radius 3 is 2.75 bits per heavy atom. The molecule has 0 spiro atoms. The summed E-state index contributed by atoms with van der Waals surface area (Å²) in [7, 11) is 0. The summed E-state index contributed by atoms with van der Waals surface area (Å²) in [5.41, 5.74) is 1.14. The molecule has 1 aliphatic carbocycles. The summed E-state index contributed by atoms with van der Waals surface area (Å²) >= 11 is 0. The molecule has 3 heterocycles. The first-order chi connectivity index (χ1) is 13.6. The Morgan fingerprint density at radius 2 is 2.00 bits per heavy atom. The van der Waals surface area contributed by atoms with E-state index in [9.17, 15) is 9.18 Å². The summed E-state index contributed by atoms with van der Waals surface area (Å²) in [6.45, 7) is 3.70. The fourth-order valence-electron chi connectivity index (χ4n) is 4.22. The van der Waals surface area contributed by atoms with Crippen molar-refractivity contribution >= 4 is 16.6 Å². The summed E-state index contributed by atoms with van der Waals surface area (Å²) in [5, 5.41) is 4.12. The number of halogens is 1. The van der Waals surface area contributed by atoms with Crippen LogP contribution in [0.1, 0.15) is 57.3 Å². The van der Waals surface area contributed by atoms with Gasteiger partial charge in [0.15, 0.2) is 11.5 Å². The van der Waals surface area contributed by atoms with Crippen molar-refractivity contribution in [3.63, 3.8) is 0 Å². The minimum absolute atomic E-state index is 0.226. The molecule has 1 aliphatic rings. The van der Waals surface area contributed by atoms with Crippen LogP contribution in [0.25, 0.3) is 28.1 Å². The number of para-hydroxylation sites is 1. The summed E-state index contributed by atoms with van der Waals surface area (Å²) in [5.74, 6) is 0.757. The van der Waals surface area contributed by atoms with Crippen LogP contribution in [-0.2, 0) is 0 Å². The lowest BCUT2D eigenvalue weighted by atomic mass is 10.1. The first kappa shape index (κ1) is 17.1. The van der Waals surface area contributed by atoms with Gasteiger partial charge >= 0.3 is 0 Å². The Labute approximate surface area is 159 Å². The fraction of sp³-hybridized carbons (Fsp3) is 0.400. The third kappa shape index (κ3) is 2.40. The molecule has 4 aromatic rings. The molecule has 0 atom stereocenters.